The molecule has 0 aliphatic carbocycles. The molecule has 1 aromatic heterocycles. The molecule has 0 radical (unpaired) electrons. The number of aromatic amines is 1. The number of phenols is 1. The number of nitrogens with zero attached hydrogens (tertiary/aromatic N) is 3. The standard InChI is InChI=1S/C15H12N4O3/c20-8-12-13(21)5-2-6-14(12)22-9-10-3-1-4-11(7-10)15-16-18-19-17-15/h1-8,21H,9H2,(H,16,17,18,19). The van der Waals surface area contributed by atoms with E-state index in [0.717, 1.165) is 11.1 Å². The van der Waals surface area contributed by atoms with Gasteiger partial charge in [0.1, 0.15) is 18.1 Å². The molecule has 7 heteroatoms. The molecule has 0 unspecified atom stereocenters. The first kappa shape index (κ1) is 13.7. The molecule has 0 aliphatic heterocycles. The summed E-state index contributed by atoms with van der Waals surface area (Å²) in [5, 5.41) is 23.4. The van der Waals surface area contributed by atoms with Gasteiger partial charge in [0, 0.05) is 5.56 Å². The van der Waals surface area contributed by atoms with E-state index in [1.807, 2.05) is 24.3 Å². The van der Waals surface area contributed by atoms with Gasteiger partial charge in [0.2, 0.25) is 5.82 Å². The number of rotatable bonds is 5. The van der Waals surface area contributed by atoms with Gasteiger partial charge in [0.15, 0.2) is 6.29 Å². The van der Waals surface area contributed by atoms with Crippen molar-refractivity contribution < 1.29 is 14.6 Å². The Kier molecular flexibility index (Phi) is 3.78. The maximum absolute atomic E-state index is 11.0. The lowest BCUT2D eigenvalue weighted by atomic mass is 10.1. The molecule has 0 fully saturated rings. The summed E-state index contributed by atoms with van der Waals surface area (Å²) in [7, 11) is 0. The Morgan fingerprint density at radius 2 is 2.09 bits per heavy atom. The number of carbonyl (C=O) groups is 1. The fraction of sp³-hybridized carbons (Fsp3) is 0.0667. The predicted molar refractivity (Wildman–Crippen MR) is 77.4 cm³/mol. The molecule has 0 amide bonds. The van der Waals surface area contributed by atoms with Gasteiger partial charge < -0.3 is 9.84 Å². The molecular weight excluding hydrogens is 284 g/mol. The van der Waals surface area contributed by atoms with Crippen molar-refractivity contribution >= 4 is 6.29 Å². The van der Waals surface area contributed by atoms with Crippen LogP contribution in [-0.2, 0) is 6.61 Å². The van der Waals surface area contributed by atoms with Gasteiger partial charge in [0.05, 0.1) is 5.56 Å². The number of aldehydes is 1. The minimum absolute atomic E-state index is 0.104. The van der Waals surface area contributed by atoms with Crippen LogP contribution in [0.4, 0.5) is 0 Å². The number of phenolic OH excluding ortho intramolecular Hbond substituents is 1. The van der Waals surface area contributed by atoms with Gasteiger partial charge in [0.25, 0.3) is 0 Å². The fourth-order valence-electron chi connectivity index (χ4n) is 2.02. The fourth-order valence-corrected chi connectivity index (χ4v) is 2.02. The summed E-state index contributed by atoms with van der Waals surface area (Å²) in [5.74, 6) is 0.723. The zero-order chi connectivity index (χ0) is 15.4. The number of ether oxygens (including phenoxy) is 1. The maximum atomic E-state index is 11.0. The SMILES string of the molecule is O=Cc1c(O)cccc1OCc1cccc(-c2nn[nH]n2)c1. The van der Waals surface area contributed by atoms with Crippen LogP contribution < -0.4 is 4.74 Å². The normalized spacial score (nSPS) is 10.4. The van der Waals surface area contributed by atoms with Gasteiger partial charge in [-0.15, -0.1) is 10.2 Å². The van der Waals surface area contributed by atoms with Crippen LogP contribution in [0.25, 0.3) is 11.4 Å². The average Bonchev–Trinajstić information content (AvgIpc) is 3.08. The Morgan fingerprint density at radius 1 is 1.23 bits per heavy atom. The Labute approximate surface area is 125 Å². The van der Waals surface area contributed by atoms with Crippen LogP contribution in [0.1, 0.15) is 15.9 Å². The van der Waals surface area contributed by atoms with Crippen LogP contribution >= 0.6 is 0 Å². The highest BCUT2D eigenvalue weighted by atomic mass is 16.5. The molecule has 2 aromatic carbocycles. The van der Waals surface area contributed by atoms with Gasteiger partial charge in [-0.25, -0.2) is 0 Å². The Bertz CT molecular complexity index is 787. The van der Waals surface area contributed by atoms with Gasteiger partial charge in [-0.2, -0.15) is 5.21 Å². The molecule has 7 nitrogen and oxygen atoms in total. The van der Waals surface area contributed by atoms with Crippen molar-refractivity contribution in [2.45, 2.75) is 6.61 Å². The number of nitrogens with one attached hydrogen (secondary N) is 1. The van der Waals surface area contributed by atoms with Gasteiger partial charge >= 0.3 is 0 Å². The van der Waals surface area contributed by atoms with Crippen LogP contribution in [0.15, 0.2) is 42.5 Å². The second-order valence-corrected chi connectivity index (χ2v) is 4.53. The third kappa shape index (κ3) is 2.78. The smallest absolute Gasteiger partial charge is 0.204 e. The summed E-state index contributed by atoms with van der Waals surface area (Å²) in [6.07, 6.45) is 0.570. The highest BCUT2D eigenvalue weighted by Crippen LogP contribution is 2.26. The van der Waals surface area contributed by atoms with E-state index in [4.69, 9.17) is 4.74 Å². The lowest BCUT2D eigenvalue weighted by molar-refractivity contribution is 0.111. The molecule has 3 aromatic rings. The van der Waals surface area contributed by atoms with Crippen molar-refractivity contribution in [3.8, 4) is 22.9 Å². The molecule has 1 heterocycles. The quantitative estimate of drug-likeness (QED) is 0.698. The second-order valence-electron chi connectivity index (χ2n) is 4.53. The Morgan fingerprint density at radius 3 is 2.86 bits per heavy atom. The van der Waals surface area contributed by atoms with Crippen LogP contribution in [0.3, 0.4) is 0 Å². The summed E-state index contributed by atoms with van der Waals surface area (Å²) >= 11 is 0. The molecule has 0 bridgehead atoms. The molecular formula is C15H12N4O3. The molecule has 110 valence electrons. The van der Waals surface area contributed by atoms with Crippen molar-refractivity contribution in [1.29, 1.82) is 0 Å². The van der Waals surface area contributed by atoms with Crippen LogP contribution in [0.2, 0.25) is 0 Å². The van der Waals surface area contributed by atoms with E-state index in [1.165, 1.54) is 6.07 Å². The second kappa shape index (κ2) is 6.04. The van der Waals surface area contributed by atoms with E-state index in [1.54, 1.807) is 12.1 Å². The highest BCUT2D eigenvalue weighted by Gasteiger charge is 2.09. The summed E-state index contributed by atoms with van der Waals surface area (Å²) in [5.41, 5.74) is 1.82. The maximum Gasteiger partial charge on any atom is 0.204 e. The topological polar surface area (TPSA) is 101 Å². The number of hydrogen-bond acceptors (Lipinski definition) is 6. The van der Waals surface area contributed by atoms with E-state index >= 15 is 0 Å². The van der Waals surface area contributed by atoms with Crippen molar-refractivity contribution in [1.82, 2.24) is 20.6 Å². The number of carbonyl (C=O) groups excluding carboxylic acids is 1. The summed E-state index contributed by atoms with van der Waals surface area (Å²) in [4.78, 5) is 11.0. The molecule has 0 saturated heterocycles. The van der Waals surface area contributed by atoms with Crippen molar-refractivity contribution in [3.63, 3.8) is 0 Å². The van der Waals surface area contributed by atoms with E-state index in [9.17, 15) is 9.90 Å². The Hall–Kier alpha value is -3.22. The van der Waals surface area contributed by atoms with E-state index in [-0.39, 0.29) is 17.9 Å². The predicted octanol–water partition coefficient (Wildman–Crippen LogP) is 1.96. The van der Waals surface area contributed by atoms with E-state index in [2.05, 4.69) is 20.6 Å². The lowest BCUT2D eigenvalue weighted by Crippen LogP contribution is -1.99. The largest absolute Gasteiger partial charge is 0.507 e. The van der Waals surface area contributed by atoms with Crippen LogP contribution in [-0.4, -0.2) is 32.0 Å². The van der Waals surface area contributed by atoms with E-state index in [0.29, 0.717) is 17.9 Å². The van der Waals surface area contributed by atoms with Crippen molar-refractivity contribution in [3.05, 3.63) is 53.6 Å². The number of hydrogen-bond donors (Lipinski definition) is 2. The minimum atomic E-state index is -0.104. The number of H-pyrrole nitrogens is 1. The van der Waals surface area contributed by atoms with Crippen molar-refractivity contribution in [2.24, 2.45) is 0 Å². The zero-order valence-corrected chi connectivity index (χ0v) is 11.4. The summed E-state index contributed by atoms with van der Waals surface area (Å²) in [6.45, 7) is 0.246. The molecule has 2 N–H and O–H groups in total. The number of tetrazole rings is 1. The average molecular weight is 296 g/mol. The molecule has 3 rings (SSSR count). The van der Waals surface area contributed by atoms with Gasteiger partial charge in [-0.3, -0.25) is 4.79 Å². The van der Waals surface area contributed by atoms with Crippen LogP contribution in [0, 0.1) is 0 Å². The lowest BCUT2D eigenvalue weighted by Gasteiger charge is -2.09. The third-order valence-corrected chi connectivity index (χ3v) is 3.09. The summed E-state index contributed by atoms with van der Waals surface area (Å²) < 4.78 is 5.61. The monoisotopic (exact) mass is 296 g/mol. The molecule has 22 heavy (non-hydrogen) atoms. The zero-order valence-electron chi connectivity index (χ0n) is 11.4. The summed E-state index contributed by atoms with van der Waals surface area (Å²) in [6, 6.07) is 12.2. The molecule has 0 atom stereocenters. The van der Waals surface area contributed by atoms with Crippen LogP contribution in [0.5, 0.6) is 11.5 Å². The number of aromatic hydroxyl groups is 1. The highest BCUT2D eigenvalue weighted by molar-refractivity contribution is 5.83. The first-order valence-electron chi connectivity index (χ1n) is 6.50. The first-order valence-corrected chi connectivity index (χ1v) is 6.50. The van der Waals surface area contributed by atoms with Gasteiger partial charge in [-0.05, 0) is 29.0 Å². The third-order valence-electron chi connectivity index (χ3n) is 3.09. The van der Waals surface area contributed by atoms with Crippen molar-refractivity contribution in [2.75, 3.05) is 0 Å². The first-order chi connectivity index (χ1) is 10.8. The number of benzene rings is 2. The minimum Gasteiger partial charge on any atom is -0.507 e. The Balaban J connectivity index is 1.79. The number of aromatic nitrogens is 4. The molecule has 0 aliphatic rings. The van der Waals surface area contributed by atoms with E-state index < -0.39 is 0 Å². The molecule has 0 spiro atoms. The van der Waals surface area contributed by atoms with Gasteiger partial charge in [-0.1, -0.05) is 24.3 Å². The molecule has 0 saturated carbocycles.